The molecule has 1 aromatic carbocycles. The van der Waals surface area contributed by atoms with E-state index in [1.54, 1.807) is 0 Å². The van der Waals surface area contributed by atoms with E-state index in [0.29, 0.717) is 12.1 Å². The van der Waals surface area contributed by atoms with Crippen LogP contribution in [0.25, 0.3) is 0 Å². The summed E-state index contributed by atoms with van der Waals surface area (Å²) in [6, 6.07) is 2.10. The molecule has 0 bridgehead atoms. The Morgan fingerprint density at radius 1 is 0.824 bits per heavy atom. The number of rotatable bonds is 2. The Kier molecular flexibility index (Phi) is 3.30. The lowest BCUT2D eigenvalue weighted by molar-refractivity contribution is -0.277. The van der Waals surface area contributed by atoms with Crippen molar-refractivity contribution >= 4 is 0 Å². The van der Waals surface area contributed by atoms with E-state index in [4.69, 9.17) is 5.11 Å². The second-order valence-corrected chi connectivity index (χ2v) is 2.70. The molecule has 0 spiro atoms. The van der Waals surface area contributed by atoms with Crippen LogP contribution in [0.3, 0.4) is 0 Å². The minimum atomic E-state index is -5.13. The fourth-order valence-corrected chi connectivity index (χ4v) is 0.916. The van der Waals surface area contributed by atoms with Gasteiger partial charge in [-0.3, -0.25) is 0 Å². The van der Waals surface area contributed by atoms with Crippen molar-refractivity contribution in [2.75, 3.05) is 0 Å². The van der Waals surface area contributed by atoms with Crippen LogP contribution >= 0.6 is 0 Å². The molecule has 9 heteroatoms. The molecule has 0 aromatic heterocycles. The number of ether oxygens (including phenoxy) is 2. The van der Waals surface area contributed by atoms with Gasteiger partial charge in [0, 0.05) is 0 Å². The van der Waals surface area contributed by atoms with Gasteiger partial charge >= 0.3 is 12.7 Å². The summed E-state index contributed by atoms with van der Waals surface area (Å²) >= 11 is 0. The van der Waals surface area contributed by atoms with E-state index in [1.807, 2.05) is 0 Å². The molecule has 0 saturated carbocycles. The van der Waals surface area contributed by atoms with Crippen molar-refractivity contribution < 1.29 is 40.9 Å². The molecule has 1 rings (SSSR count). The van der Waals surface area contributed by atoms with Gasteiger partial charge in [0.15, 0.2) is 11.5 Å². The summed E-state index contributed by atoms with van der Waals surface area (Å²) in [4.78, 5) is 0. The molecule has 0 aliphatic rings. The summed E-state index contributed by atoms with van der Waals surface area (Å²) in [5, 5.41) is 9.07. The molecule has 0 saturated heterocycles. The first-order valence-corrected chi connectivity index (χ1v) is 3.92. The Morgan fingerprint density at radius 3 is 1.47 bits per heavy atom. The Labute approximate surface area is 90.2 Å². The number of benzene rings is 1. The maximum Gasteiger partial charge on any atom is 0.573 e. The number of halogens is 6. The van der Waals surface area contributed by atoms with Gasteiger partial charge < -0.3 is 14.6 Å². The molecule has 0 fully saturated rings. The van der Waals surface area contributed by atoms with Crippen molar-refractivity contribution in [1.29, 1.82) is 0 Å². The number of alkyl halides is 6. The lowest BCUT2D eigenvalue weighted by atomic mass is 10.3. The molecule has 0 aliphatic heterocycles. The highest BCUT2D eigenvalue weighted by atomic mass is 19.4. The van der Waals surface area contributed by atoms with Gasteiger partial charge in [-0.15, -0.1) is 26.3 Å². The van der Waals surface area contributed by atoms with Crippen LogP contribution in [0.2, 0.25) is 0 Å². The summed E-state index contributed by atoms with van der Waals surface area (Å²) in [5.74, 6) is -3.75. The topological polar surface area (TPSA) is 38.7 Å². The zero-order chi connectivity index (χ0) is 13.3. The van der Waals surface area contributed by atoms with E-state index in [-0.39, 0.29) is 0 Å². The van der Waals surface area contributed by atoms with Gasteiger partial charge in [-0.25, -0.2) is 0 Å². The van der Waals surface area contributed by atoms with Crippen molar-refractivity contribution in [2.45, 2.75) is 12.7 Å². The summed E-state index contributed by atoms with van der Waals surface area (Å²) in [6.45, 7) is 0. The Morgan fingerprint density at radius 2 is 1.18 bits per heavy atom. The summed E-state index contributed by atoms with van der Waals surface area (Å²) in [6.07, 6.45) is -10.3. The normalized spacial score (nSPS) is 12.4. The molecule has 0 unspecified atom stereocenters. The second kappa shape index (κ2) is 4.22. The molecule has 3 nitrogen and oxygen atoms in total. The molecule has 0 amide bonds. The van der Waals surface area contributed by atoms with Crippen LogP contribution in [0.4, 0.5) is 26.3 Å². The SMILES string of the molecule is Oc1c(OC(F)(F)F)cccc1OC(F)(F)F. The van der Waals surface area contributed by atoms with E-state index >= 15 is 0 Å². The highest BCUT2D eigenvalue weighted by Crippen LogP contribution is 2.40. The molecule has 0 atom stereocenters. The number of aromatic hydroxyl groups is 1. The van der Waals surface area contributed by atoms with Gasteiger partial charge in [-0.2, -0.15) is 0 Å². The molecule has 0 radical (unpaired) electrons. The van der Waals surface area contributed by atoms with E-state index in [1.165, 1.54) is 0 Å². The lowest BCUT2D eigenvalue weighted by Gasteiger charge is -2.14. The number of hydrogen-bond donors (Lipinski definition) is 1. The van der Waals surface area contributed by atoms with E-state index in [0.717, 1.165) is 6.07 Å². The third-order valence-corrected chi connectivity index (χ3v) is 1.41. The predicted molar refractivity (Wildman–Crippen MR) is 41.5 cm³/mol. The summed E-state index contributed by atoms with van der Waals surface area (Å²) in [7, 11) is 0. The highest BCUT2D eigenvalue weighted by molar-refractivity contribution is 5.50. The monoisotopic (exact) mass is 262 g/mol. The van der Waals surface area contributed by atoms with Gasteiger partial charge in [-0.1, -0.05) is 6.07 Å². The van der Waals surface area contributed by atoms with Crippen molar-refractivity contribution in [3.05, 3.63) is 18.2 Å². The van der Waals surface area contributed by atoms with E-state index in [9.17, 15) is 26.3 Å². The minimum Gasteiger partial charge on any atom is -0.502 e. The molecule has 96 valence electrons. The number of phenolic OH excluding ortho intramolecular Hbond substituents is 1. The summed E-state index contributed by atoms with van der Waals surface area (Å²) in [5.41, 5.74) is 0. The Bertz CT molecular complexity index is 363. The maximum absolute atomic E-state index is 11.8. The molecule has 0 aliphatic carbocycles. The van der Waals surface area contributed by atoms with Crippen LogP contribution in [0.5, 0.6) is 17.2 Å². The van der Waals surface area contributed by atoms with Gasteiger partial charge in [0.25, 0.3) is 0 Å². The quantitative estimate of drug-likeness (QED) is 0.832. The Hall–Kier alpha value is -1.80. The van der Waals surface area contributed by atoms with Crippen molar-refractivity contribution in [2.24, 2.45) is 0 Å². The third kappa shape index (κ3) is 4.29. The van der Waals surface area contributed by atoms with Crippen LogP contribution in [-0.4, -0.2) is 17.8 Å². The fourth-order valence-electron chi connectivity index (χ4n) is 0.916. The molecule has 17 heavy (non-hydrogen) atoms. The Balaban J connectivity index is 3.00. The molecular weight excluding hydrogens is 258 g/mol. The van der Waals surface area contributed by atoms with E-state index in [2.05, 4.69) is 9.47 Å². The van der Waals surface area contributed by atoms with Gasteiger partial charge in [0.1, 0.15) is 0 Å². The van der Waals surface area contributed by atoms with Crippen LogP contribution in [0, 0.1) is 0 Å². The van der Waals surface area contributed by atoms with Crippen molar-refractivity contribution in [3.8, 4) is 17.2 Å². The largest absolute Gasteiger partial charge is 0.573 e. The average molecular weight is 262 g/mol. The molecule has 1 N–H and O–H groups in total. The van der Waals surface area contributed by atoms with E-state index < -0.39 is 30.0 Å². The fraction of sp³-hybridized carbons (Fsp3) is 0.250. The first kappa shape index (κ1) is 13.3. The third-order valence-electron chi connectivity index (χ3n) is 1.41. The van der Waals surface area contributed by atoms with Gasteiger partial charge in [0.2, 0.25) is 5.75 Å². The highest BCUT2D eigenvalue weighted by Gasteiger charge is 2.35. The zero-order valence-electron chi connectivity index (χ0n) is 7.76. The zero-order valence-corrected chi connectivity index (χ0v) is 7.76. The number of hydrogen-bond acceptors (Lipinski definition) is 3. The van der Waals surface area contributed by atoms with Crippen LogP contribution in [0.15, 0.2) is 18.2 Å². The maximum atomic E-state index is 11.8. The van der Waals surface area contributed by atoms with Crippen LogP contribution in [0.1, 0.15) is 0 Å². The standard InChI is InChI=1S/C8H4F6O3/c9-7(10,11)16-4-2-1-3-5(6(4)15)17-8(12,13)14/h1-3,15H. The molecule has 1 aromatic rings. The van der Waals surface area contributed by atoms with Crippen molar-refractivity contribution in [3.63, 3.8) is 0 Å². The number of phenols is 1. The second-order valence-electron chi connectivity index (χ2n) is 2.70. The average Bonchev–Trinajstić information content (AvgIpc) is 2.07. The first-order valence-electron chi connectivity index (χ1n) is 3.92. The lowest BCUT2D eigenvalue weighted by Crippen LogP contribution is -2.19. The smallest absolute Gasteiger partial charge is 0.502 e. The van der Waals surface area contributed by atoms with Crippen molar-refractivity contribution in [1.82, 2.24) is 0 Å². The molecule has 0 heterocycles. The van der Waals surface area contributed by atoms with Gasteiger partial charge in [-0.05, 0) is 12.1 Å². The van der Waals surface area contributed by atoms with Crippen LogP contribution < -0.4 is 9.47 Å². The minimum absolute atomic E-state index is 0.645. The number of para-hydroxylation sites is 1. The van der Waals surface area contributed by atoms with Crippen LogP contribution in [-0.2, 0) is 0 Å². The molecular formula is C8H4F6O3. The summed E-state index contributed by atoms with van der Waals surface area (Å²) < 4.78 is 77.3. The first-order chi connectivity index (χ1) is 7.58. The predicted octanol–water partition coefficient (Wildman–Crippen LogP) is 3.19. The van der Waals surface area contributed by atoms with Gasteiger partial charge in [0.05, 0.1) is 0 Å².